The van der Waals surface area contributed by atoms with Crippen LogP contribution in [0.2, 0.25) is 0 Å². The zero-order valence-corrected chi connectivity index (χ0v) is 12.6. The number of unbranched alkanes of at least 4 members (excludes halogenated alkanes) is 3. The molecule has 0 rings (SSSR count). The van der Waals surface area contributed by atoms with E-state index >= 15 is 0 Å². The second-order valence-electron chi connectivity index (χ2n) is 2.43. The van der Waals surface area contributed by atoms with Gasteiger partial charge in [0.05, 0.1) is 0 Å². The molecule has 0 aliphatic rings. The van der Waals surface area contributed by atoms with Gasteiger partial charge in [0, 0.05) is 0 Å². The molecule has 0 unspecified atom stereocenters. The summed E-state index contributed by atoms with van der Waals surface area (Å²) in [5.41, 5.74) is 0. The van der Waals surface area contributed by atoms with Crippen LogP contribution in [-0.2, 0) is 0 Å². The summed E-state index contributed by atoms with van der Waals surface area (Å²) in [6, 6.07) is 0. The van der Waals surface area contributed by atoms with E-state index in [9.17, 15) is 0 Å². The van der Waals surface area contributed by atoms with Crippen molar-refractivity contribution < 1.29 is 0 Å². The summed E-state index contributed by atoms with van der Waals surface area (Å²) in [5.74, 6) is 0. The molecule has 10 heavy (non-hydrogen) atoms. The molecule has 0 fully saturated rings. The van der Waals surface area contributed by atoms with Gasteiger partial charge in [-0.05, 0) is 6.42 Å². The Kier molecular flexibility index (Phi) is 8.14. The van der Waals surface area contributed by atoms with Crippen LogP contribution in [0.15, 0.2) is 0 Å². The highest BCUT2D eigenvalue weighted by molar-refractivity contribution is 14.3. The standard InChI is InChI=1S/C7H13I3/c1-2-3-4-5-6-7(8,9)10/h2-6H2,1H3. The van der Waals surface area contributed by atoms with E-state index in [1.54, 1.807) is 0 Å². The van der Waals surface area contributed by atoms with Gasteiger partial charge < -0.3 is 0 Å². The van der Waals surface area contributed by atoms with E-state index < -0.39 is 0 Å². The lowest BCUT2D eigenvalue weighted by Crippen LogP contribution is -1.97. The summed E-state index contributed by atoms with van der Waals surface area (Å²) in [7, 11) is 0. The maximum atomic E-state index is 2.50. The molecule has 62 valence electrons. The van der Waals surface area contributed by atoms with Crippen LogP contribution in [0.1, 0.15) is 39.0 Å². The Morgan fingerprint density at radius 3 is 2.00 bits per heavy atom. The molecule has 0 saturated heterocycles. The normalized spacial score (nSPS) is 12.0. The van der Waals surface area contributed by atoms with Crippen molar-refractivity contribution in [2.24, 2.45) is 0 Å². The zero-order chi connectivity index (χ0) is 8.04. The molecule has 0 N–H and O–H groups in total. The van der Waals surface area contributed by atoms with E-state index in [0.29, 0.717) is -0.565 Å². The van der Waals surface area contributed by atoms with Gasteiger partial charge in [-0.15, -0.1) is 0 Å². The summed E-state index contributed by atoms with van der Waals surface area (Å²) < 4.78 is 0.459. The maximum Gasteiger partial charge on any atom is 0.124 e. The van der Waals surface area contributed by atoms with E-state index in [4.69, 9.17) is 0 Å². The van der Waals surface area contributed by atoms with Gasteiger partial charge in [0.2, 0.25) is 0 Å². The van der Waals surface area contributed by atoms with Gasteiger partial charge in [0.1, 0.15) is -0.565 Å². The quantitative estimate of drug-likeness (QED) is 0.300. The molecule has 0 amide bonds. The number of rotatable bonds is 5. The van der Waals surface area contributed by atoms with Crippen molar-refractivity contribution in [1.29, 1.82) is 0 Å². The Labute approximate surface area is 105 Å². The third-order valence-corrected chi connectivity index (χ3v) is 2.93. The van der Waals surface area contributed by atoms with Crippen molar-refractivity contribution in [1.82, 2.24) is 0 Å². The molecule has 0 bridgehead atoms. The van der Waals surface area contributed by atoms with Crippen molar-refractivity contribution in [3.63, 3.8) is 0 Å². The fraction of sp³-hybridized carbons (Fsp3) is 1.00. The average molecular weight is 478 g/mol. The Hall–Kier alpha value is 2.19. The molecule has 0 aromatic rings. The SMILES string of the molecule is CCCCCCC(I)(I)I. The van der Waals surface area contributed by atoms with Gasteiger partial charge in [0.25, 0.3) is 0 Å². The first-order valence-corrected chi connectivity index (χ1v) is 6.86. The van der Waals surface area contributed by atoms with Gasteiger partial charge in [-0.3, -0.25) is 0 Å². The van der Waals surface area contributed by atoms with Gasteiger partial charge in [0.15, 0.2) is 0 Å². The highest BCUT2D eigenvalue weighted by Gasteiger charge is 2.15. The minimum Gasteiger partial charge on any atom is -0.0654 e. The molecular formula is C7H13I3. The highest BCUT2D eigenvalue weighted by atomic mass is 127. The predicted octanol–water partition coefficient (Wildman–Crippen LogP) is 4.92. The van der Waals surface area contributed by atoms with Crippen LogP contribution in [-0.4, -0.2) is -0.565 Å². The van der Waals surface area contributed by atoms with E-state index in [0.717, 1.165) is 0 Å². The fourth-order valence-corrected chi connectivity index (χ4v) is 1.90. The number of hydrogen-bond donors (Lipinski definition) is 0. The molecule has 0 aromatic carbocycles. The summed E-state index contributed by atoms with van der Waals surface area (Å²) in [4.78, 5) is 0. The lowest BCUT2D eigenvalue weighted by atomic mass is 10.2. The van der Waals surface area contributed by atoms with Gasteiger partial charge in [-0.2, -0.15) is 0 Å². The molecule has 0 aliphatic carbocycles. The van der Waals surface area contributed by atoms with Gasteiger partial charge in [-0.1, -0.05) is 100 Å². The molecule has 0 aromatic heterocycles. The second kappa shape index (κ2) is 6.68. The van der Waals surface area contributed by atoms with Crippen molar-refractivity contribution in [2.75, 3.05) is 0 Å². The smallest absolute Gasteiger partial charge is 0.0654 e. The summed E-state index contributed by atoms with van der Waals surface area (Å²) in [6.45, 7) is 2.26. The largest absolute Gasteiger partial charge is 0.124 e. The Morgan fingerprint density at radius 1 is 1.00 bits per heavy atom. The molecule has 0 aliphatic heterocycles. The highest BCUT2D eigenvalue weighted by Crippen LogP contribution is 2.40. The van der Waals surface area contributed by atoms with Gasteiger partial charge in [-0.25, -0.2) is 0 Å². The summed E-state index contributed by atoms with van der Waals surface area (Å²) in [5, 5.41) is 0. The average Bonchev–Trinajstić information content (AvgIpc) is 1.78. The monoisotopic (exact) mass is 478 g/mol. The van der Waals surface area contributed by atoms with E-state index in [1.165, 1.54) is 32.1 Å². The van der Waals surface area contributed by atoms with Crippen LogP contribution < -0.4 is 0 Å². The van der Waals surface area contributed by atoms with E-state index in [-0.39, 0.29) is 0 Å². The molecule has 0 saturated carbocycles. The van der Waals surface area contributed by atoms with Crippen molar-refractivity contribution in [2.45, 2.75) is 38.5 Å². The predicted molar refractivity (Wildman–Crippen MR) is 73.6 cm³/mol. The summed E-state index contributed by atoms with van der Waals surface area (Å²) in [6.07, 6.45) is 6.89. The molecule has 3 heteroatoms. The fourth-order valence-electron chi connectivity index (χ4n) is 0.752. The lowest BCUT2D eigenvalue weighted by molar-refractivity contribution is 0.656. The number of hydrogen-bond acceptors (Lipinski definition) is 0. The minimum atomic E-state index is 0.459. The topological polar surface area (TPSA) is 0 Å². The minimum absolute atomic E-state index is 0.459. The van der Waals surface area contributed by atoms with Crippen molar-refractivity contribution in [3.8, 4) is 0 Å². The molecule has 0 heterocycles. The molecular weight excluding hydrogens is 465 g/mol. The van der Waals surface area contributed by atoms with Crippen LogP contribution in [0.4, 0.5) is 0 Å². The summed E-state index contributed by atoms with van der Waals surface area (Å²) >= 11 is 7.51. The van der Waals surface area contributed by atoms with E-state index in [1.807, 2.05) is 0 Å². The van der Waals surface area contributed by atoms with E-state index in [2.05, 4.69) is 74.7 Å². The Bertz CT molecular complexity index is 75.4. The number of halogens is 3. The van der Waals surface area contributed by atoms with Crippen LogP contribution in [0.25, 0.3) is 0 Å². The molecule has 0 radical (unpaired) electrons. The van der Waals surface area contributed by atoms with Crippen molar-refractivity contribution >= 4 is 67.8 Å². The van der Waals surface area contributed by atoms with Crippen LogP contribution in [0.3, 0.4) is 0 Å². The third-order valence-electron chi connectivity index (χ3n) is 1.31. The zero-order valence-electron chi connectivity index (χ0n) is 6.17. The Balaban J connectivity index is 3.04. The van der Waals surface area contributed by atoms with Crippen LogP contribution >= 0.6 is 67.8 Å². The molecule has 0 nitrogen and oxygen atoms in total. The maximum absolute atomic E-state index is 2.50. The number of alkyl halides is 3. The van der Waals surface area contributed by atoms with Crippen LogP contribution in [0, 0.1) is 0 Å². The first-order chi connectivity index (χ1) is 4.56. The van der Waals surface area contributed by atoms with Crippen LogP contribution in [0.5, 0.6) is 0 Å². The lowest BCUT2D eigenvalue weighted by Gasteiger charge is -2.10. The Morgan fingerprint density at radius 2 is 1.60 bits per heavy atom. The first kappa shape index (κ1) is 12.2. The third kappa shape index (κ3) is 10.2. The second-order valence-corrected chi connectivity index (χ2v) is 14.1. The van der Waals surface area contributed by atoms with Gasteiger partial charge >= 0.3 is 0 Å². The first-order valence-electron chi connectivity index (χ1n) is 3.63. The molecule has 0 spiro atoms. The van der Waals surface area contributed by atoms with Crippen molar-refractivity contribution in [3.05, 3.63) is 0 Å². The molecule has 0 atom stereocenters.